The summed E-state index contributed by atoms with van der Waals surface area (Å²) >= 11 is 7.64. The first kappa shape index (κ1) is 21.6. The number of rotatable bonds is 5. The van der Waals surface area contributed by atoms with E-state index in [1.807, 2.05) is 36.4 Å². The zero-order chi connectivity index (χ0) is 18.5. The Kier molecular flexibility index (Phi) is 7.99. The van der Waals surface area contributed by atoms with Crippen molar-refractivity contribution in [3.05, 3.63) is 51.3 Å². The summed E-state index contributed by atoms with van der Waals surface area (Å²) in [5.41, 5.74) is 1.83. The lowest BCUT2D eigenvalue weighted by molar-refractivity contribution is 0.371. The highest BCUT2D eigenvalue weighted by atomic mass is 127. The molecule has 0 bridgehead atoms. The average Bonchev–Trinajstić information content (AvgIpc) is 3.24. The first-order valence-corrected chi connectivity index (χ1v) is 9.22. The molecule has 0 amide bonds. The summed E-state index contributed by atoms with van der Waals surface area (Å²) in [6.45, 7) is 3.04. The van der Waals surface area contributed by atoms with E-state index in [0.29, 0.717) is 29.8 Å². The van der Waals surface area contributed by atoms with Crippen molar-refractivity contribution in [1.29, 1.82) is 0 Å². The normalized spacial score (nSPS) is 11.2. The van der Waals surface area contributed by atoms with Crippen LogP contribution in [0.2, 0.25) is 5.02 Å². The minimum atomic E-state index is 0. The number of benzene rings is 1. The fraction of sp³-hybridized carbons (Fsp3) is 0.294. The lowest BCUT2D eigenvalue weighted by Crippen LogP contribution is -2.38. The molecule has 0 aliphatic carbocycles. The smallest absolute Gasteiger partial charge is 0.246 e. The van der Waals surface area contributed by atoms with Crippen LogP contribution in [0.5, 0.6) is 0 Å². The van der Waals surface area contributed by atoms with Crippen LogP contribution in [-0.2, 0) is 13.1 Å². The lowest BCUT2D eigenvalue weighted by Gasteiger charge is -2.20. The van der Waals surface area contributed by atoms with Gasteiger partial charge in [-0.3, -0.25) is 4.99 Å². The van der Waals surface area contributed by atoms with Crippen molar-refractivity contribution in [2.75, 3.05) is 14.1 Å². The van der Waals surface area contributed by atoms with Gasteiger partial charge in [-0.25, -0.2) is 4.98 Å². The number of aryl methyl sites for hydroxylation is 1. The van der Waals surface area contributed by atoms with Crippen LogP contribution in [0.15, 0.2) is 39.2 Å². The highest BCUT2D eigenvalue weighted by Gasteiger charge is 2.12. The van der Waals surface area contributed by atoms with Gasteiger partial charge in [0.1, 0.15) is 0 Å². The fourth-order valence-corrected chi connectivity index (χ4v) is 3.20. The van der Waals surface area contributed by atoms with E-state index in [1.165, 1.54) is 0 Å². The van der Waals surface area contributed by atoms with Crippen LogP contribution < -0.4 is 5.32 Å². The second-order valence-electron chi connectivity index (χ2n) is 5.64. The predicted molar refractivity (Wildman–Crippen MR) is 119 cm³/mol. The summed E-state index contributed by atoms with van der Waals surface area (Å²) in [7, 11) is 3.69. The quantitative estimate of drug-likeness (QED) is 0.313. The van der Waals surface area contributed by atoms with Crippen LogP contribution in [-0.4, -0.2) is 40.1 Å². The number of halogens is 2. The van der Waals surface area contributed by atoms with Gasteiger partial charge in [0.2, 0.25) is 11.7 Å². The SMILES string of the molecule is CN=C(NCc1nc(-c2cccc(Cl)c2)no1)N(C)Cc1csc(C)n1.I. The first-order valence-electron chi connectivity index (χ1n) is 7.96. The van der Waals surface area contributed by atoms with Gasteiger partial charge in [-0.05, 0) is 19.1 Å². The number of thiazole rings is 1. The Bertz CT molecular complexity index is 912. The molecule has 1 N–H and O–H groups in total. The minimum absolute atomic E-state index is 0. The molecule has 2 aromatic heterocycles. The van der Waals surface area contributed by atoms with Crippen molar-refractivity contribution in [1.82, 2.24) is 25.3 Å². The van der Waals surface area contributed by atoms with Gasteiger partial charge in [0.05, 0.1) is 23.8 Å². The number of nitrogens with one attached hydrogen (secondary N) is 1. The maximum Gasteiger partial charge on any atom is 0.246 e. The molecule has 0 aliphatic heterocycles. The molecule has 0 saturated carbocycles. The molecule has 144 valence electrons. The number of aliphatic imine (C=N–C) groups is 1. The van der Waals surface area contributed by atoms with Crippen molar-refractivity contribution in [3.8, 4) is 11.4 Å². The summed E-state index contributed by atoms with van der Waals surface area (Å²) in [6.07, 6.45) is 0. The van der Waals surface area contributed by atoms with Gasteiger partial charge >= 0.3 is 0 Å². The van der Waals surface area contributed by atoms with Crippen LogP contribution in [0.3, 0.4) is 0 Å². The molecule has 1 aromatic carbocycles. The summed E-state index contributed by atoms with van der Waals surface area (Å²) < 4.78 is 5.30. The van der Waals surface area contributed by atoms with E-state index >= 15 is 0 Å². The fourth-order valence-electron chi connectivity index (χ4n) is 2.41. The van der Waals surface area contributed by atoms with Gasteiger partial charge in [-0.15, -0.1) is 35.3 Å². The third-order valence-corrected chi connectivity index (χ3v) is 4.65. The molecular formula is C17H20ClIN6OS. The van der Waals surface area contributed by atoms with Gasteiger partial charge in [0, 0.05) is 30.1 Å². The second-order valence-corrected chi connectivity index (χ2v) is 7.14. The average molecular weight is 519 g/mol. The van der Waals surface area contributed by atoms with Crippen molar-refractivity contribution < 1.29 is 4.52 Å². The number of guanidine groups is 1. The topological polar surface area (TPSA) is 79.4 Å². The third kappa shape index (κ3) is 5.88. The Morgan fingerprint density at radius 1 is 1.37 bits per heavy atom. The zero-order valence-corrected chi connectivity index (χ0v) is 19.0. The Morgan fingerprint density at radius 2 is 2.19 bits per heavy atom. The van der Waals surface area contributed by atoms with Gasteiger partial charge in [-0.1, -0.05) is 28.9 Å². The number of hydrogen-bond acceptors (Lipinski definition) is 6. The van der Waals surface area contributed by atoms with E-state index < -0.39 is 0 Å². The van der Waals surface area contributed by atoms with E-state index in [9.17, 15) is 0 Å². The molecule has 0 atom stereocenters. The molecule has 10 heteroatoms. The zero-order valence-electron chi connectivity index (χ0n) is 15.1. The largest absolute Gasteiger partial charge is 0.347 e. The summed E-state index contributed by atoms with van der Waals surface area (Å²) in [5, 5.41) is 11.0. The Labute approximate surface area is 183 Å². The molecule has 0 fully saturated rings. The lowest BCUT2D eigenvalue weighted by atomic mass is 10.2. The molecule has 27 heavy (non-hydrogen) atoms. The molecule has 0 aliphatic rings. The number of aromatic nitrogens is 3. The Balaban J connectivity index is 0.00000261. The second kappa shape index (κ2) is 10.00. The first-order chi connectivity index (χ1) is 12.5. The Hall–Kier alpha value is -1.72. The van der Waals surface area contributed by atoms with E-state index in [0.717, 1.165) is 22.2 Å². The molecule has 0 radical (unpaired) electrons. The van der Waals surface area contributed by atoms with Crippen molar-refractivity contribution >= 4 is 52.9 Å². The van der Waals surface area contributed by atoms with Crippen LogP contribution >= 0.6 is 46.9 Å². The standard InChI is InChI=1S/C17H19ClN6OS.HI/c1-11-21-14(10-26-11)9-24(3)17(19-2)20-8-15-22-16(23-25-15)12-5-4-6-13(18)7-12;/h4-7,10H,8-9H2,1-3H3,(H,19,20);1H. The molecule has 0 saturated heterocycles. The van der Waals surface area contributed by atoms with E-state index in [4.69, 9.17) is 16.1 Å². The molecule has 2 heterocycles. The maximum absolute atomic E-state index is 6.00. The monoisotopic (exact) mass is 518 g/mol. The van der Waals surface area contributed by atoms with Crippen LogP contribution in [0, 0.1) is 6.92 Å². The third-order valence-electron chi connectivity index (χ3n) is 3.59. The van der Waals surface area contributed by atoms with E-state index in [1.54, 1.807) is 30.5 Å². The summed E-state index contributed by atoms with van der Waals surface area (Å²) in [5.74, 6) is 1.70. The van der Waals surface area contributed by atoms with Gasteiger partial charge in [0.15, 0.2) is 5.96 Å². The van der Waals surface area contributed by atoms with Crippen molar-refractivity contribution in [2.45, 2.75) is 20.0 Å². The van der Waals surface area contributed by atoms with Gasteiger partial charge < -0.3 is 14.7 Å². The minimum Gasteiger partial charge on any atom is -0.347 e. The van der Waals surface area contributed by atoms with Crippen LogP contribution in [0.1, 0.15) is 16.6 Å². The molecule has 7 nitrogen and oxygen atoms in total. The molecule has 0 spiro atoms. The van der Waals surface area contributed by atoms with Crippen molar-refractivity contribution in [2.24, 2.45) is 4.99 Å². The highest BCUT2D eigenvalue weighted by molar-refractivity contribution is 14.0. The van der Waals surface area contributed by atoms with Crippen molar-refractivity contribution in [3.63, 3.8) is 0 Å². The van der Waals surface area contributed by atoms with E-state index in [-0.39, 0.29) is 24.0 Å². The molecular weight excluding hydrogens is 499 g/mol. The van der Waals surface area contributed by atoms with Gasteiger partial charge in [-0.2, -0.15) is 4.98 Å². The van der Waals surface area contributed by atoms with Crippen LogP contribution in [0.25, 0.3) is 11.4 Å². The summed E-state index contributed by atoms with van der Waals surface area (Å²) in [6, 6.07) is 7.34. The molecule has 0 unspecified atom stereocenters. The highest BCUT2D eigenvalue weighted by Crippen LogP contribution is 2.19. The molecule has 3 aromatic rings. The predicted octanol–water partition coefficient (Wildman–Crippen LogP) is 3.98. The van der Waals surface area contributed by atoms with E-state index in [2.05, 4.69) is 25.4 Å². The van der Waals surface area contributed by atoms with Gasteiger partial charge in [0.25, 0.3) is 0 Å². The number of nitrogens with zero attached hydrogens (tertiary/aromatic N) is 5. The van der Waals surface area contributed by atoms with Crippen LogP contribution in [0.4, 0.5) is 0 Å². The molecule has 3 rings (SSSR count). The number of hydrogen-bond donors (Lipinski definition) is 1. The maximum atomic E-state index is 6.00. The Morgan fingerprint density at radius 3 is 2.85 bits per heavy atom. The summed E-state index contributed by atoms with van der Waals surface area (Å²) in [4.78, 5) is 15.1.